The third-order valence-corrected chi connectivity index (χ3v) is 8.89. The summed E-state index contributed by atoms with van der Waals surface area (Å²) in [5.74, 6) is 1.34. The highest BCUT2D eigenvalue weighted by Crippen LogP contribution is 2.46. The van der Waals surface area contributed by atoms with Gasteiger partial charge in [0.1, 0.15) is 17.4 Å². The molecule has 3 aromatic heterocycles. The van der Waals surface area contributed by atoms with Crippen LogP contribution in [0.3, 0.4) is 0 Å². The zero-order valence-corrected chi connectivity index (χ0v) is 22.1. The number of anilines is 2. The van der Waals surface area contributed by atoms with E-state index in [-0.39, 0.29) is 0 Å². The van der Waals surface area contributed by atoms with Gasteiger partial charge in [0.25, 0.3) is 0 Å². The van der Waals surface area contributed by atoms with Crippen molar-refractivity contribution in [1.29, 1.82) is 0 Å². The van der Waals surface area contributed by atoms with Crippen molar-refractivity contribution < 1.29 is 4.74 Å². The molecule has 176 valence electrons. The molecule has 0 saturated carbocycles. The van der Waals surface area contributed by atoms with Crippen LogP contribution in [-0.4, -0.2) is 21.2 Å². The summed E-state index contributed by atoms with van der Waals surface area (Å²) in [6.45, 7) is 4.70. The van der Waals surface area contributed by atoms with Crippen LogP contribution in [0.5, 0.6) is 5.75 Å². The lowest BCUT2D eigenvalue weighted by atomic mass is 10.1. The number of hydrogen-bond donors (Lipinski definition) is 1. The van der Waals surface area contributed by atoms with Gasteiger partial charge in [-0.25, -0.2) is 15.0 Å². The first-order valence-electron chi connectivity index (χ1n) is 11.1. The van der Waals surface area contributed by atoms with E-state index >= 15 is 0 Å². The first kappa shape index (κ1) is 23.5. The summed E-state index contributed by atoms with van der Waals surface area (Å²) in [6, 6.07) is 20.0. The molecule has 5 rings (SSSR count). The predicted octanol–water partition coefficient (Wildman–Crippen LogP) is 7.99. The molecule has 2 aromatic carbocycles. The van der Waals surface area contributed by atoms with Gasteiger partial charge in [-0.15, -0.1) is 34.4 Å². The van der Waals surface area contributed by atoms with E-state index in [4.69, 9.17) is 14.7 Å². The van der Waals surface area contributed by atoms with Crippen LogP contribution in [0.25, 0.3) is 21.1 Å². The number of ether oxygens (including phenoxy) is 1. The Bertz CT molecular complexity index is 1450. The number of aryl methyl sites for hydroxylation is 1. The fourth-order valence-corrected chi connectivity index (χ4v) is 6.72. The van der Waals surface area contributed by atoms with Gasteiger partial charge < -0.3 is 10.1 Å². The van der Waals surface area contributed by atoms with Gasteiger partial charge in [-0.3, -0.25) is 0 Å². The third kappa shape index (κ3) is 5.40. The largest absolute Gasteiger partial charge is 0.489 e. The summed E-state index contributed by atoms with van der Waals surface area (Å²) in [4.78, 5) is 15.2. The van der Waals surface area contributed by atoms with E-state index < -0.39 is 0 Å². The highest BCUT2D eigenvalue weighted by molar-refractivity contribution is 8.00. The van der Waals surface area contributed by atoms with Crippen LogP contribution in [0.15, 0.2) is 76.4 Å². The molecule has 35 heavy (non-hydrogen) atoms. The van der Waals surface area contributed by atoms with Crippen molar-refractivity contribution in [3.63, 3.8) is 0 Å². The van der Waals surface area contributed by atoms with Crippen molar-refractivity contribution in [2.75, 3.05) is 11.6 Å². The number of rotatable bonds is 8. The van der Waals surface area contributed by atoms with Gasteiger partial charge >= 0.3 is 0 Å². The minimum absolute atomic E-state index is 0.520. The van der Waals surface area contributed by atoms with Crippen LogP contribution in [0.2, 0.25) is 0 Å². The molecule has 3 heterocycles. The normalized spacial score (nSPS) is 10.9. The van der Waals surface area contributed by atoms with Crippen molar-refractivity contribution in [3.8, 4) is 26.9 Å². The second kappa shape index (κ2) is 10.6. The van der Waals surface area contributed by atoms with Gasteiger partial charge in [-0.05, 0) is 49.4 Å². The van der Waals surface area contributed by atoms with Crippen molar-refractivity contribution in [2.45, 2.75) is 24.7 Å². The minimum Gasteiger partial charge on any atom is -0.489 e. The lowest BCUT2D eigenvalue weighted by Gasteiger charge is -2.10. The van der Waals surface area contributed by atoms with E-state index in [9.17, 15) is 0 Å². The molecule has 0 saturated heterocycles. The molecule has 5 aromatic rings. The molecule has 0 unspecified atom stereocenters. The SMILES string of the molecule is CSc1sc(-c2nc(C)cs2)c(C)c1-c1ccnc(Nc2cccc(OCc3ccccc3)c2)n1. The van der Waals surface area contributed by atoms with E-state index in [1.165, 1.54) is 14.6 Å². The summed E-state index contributed by atoms with van der Waals surface area (Å²) in [5, 5.41) is 6.49. The van der Waals surface area contributed by atoms with Crippen LogP contribution in [-0.2, 0) is 6.61 Å². The number of thiazole rings is 1. The molecule has 0 amide bonds. The number of thiophene rings is 1. The predicted molar refractivity (Wildman–Crippen MR) is 148 cm³/mol. The molecular weight excluding hydrogens is 493 g/mol. The lowest BCUT2D eigenvalue weighted by Crippen LogP contribution is -1.99. The number of nitrogens with one attached hydrogen (secondary N) is 1. The average Bonchev–Trinajstić information content (AvgIpc) is 3.46. The standard InChI is InChI=1S/C27H24N4OS3/c1-17-16-34-25(29-17)24-18(2)23(26(33-3)35-24)22-12-13-28-27(31-22)30-20-10-7-11-21(14-20)32-15-19-8-5-4-6-9-19/h4-14,16H,15H2,1-3H3,(H,28,30,31). The maximum Gasteiger partial charge on any atom is 0.227 e. The quantitative estimate of drug-likeness (QED) is 0.211. The summed E-state index contributed by atoms with van der Waals surface area (Å²) < 4.78 is 7.20. The fourth-order valence-electron chi connectivity index (χ4n) is 3.68. The van der Waals surface area contributed by atoms with Crippen LogP contribution in [0, 0.1) is 13.8 Å². The van der Waals surface area contributed by atoms with E-state index in [0.29, 0.717) is 12.6 Å². The van der Waals surface area contributed by atoms with Crippen LogP contribution < -0.4 is 10.1 Å². The van der Waals surface area contributed by atoms with Crippen molar-refractivity contribution in [1.82, 2.24) is 15.0 Å². The first-order valence-corrected chi connectivity index (χ1v) is 14.0. The molecule has 0 aliphatic heterocycles. The summed E-state index contributed by atoms with van der Waals surface area (Å²) in [7, 11) is 0. The average molecular weight is 517 g/mol. The summed E-state index contributed by atoms with van der Waals surface area (Å²) >= 11 is 5.20. The van der Waals surface area contributed by atoms with Gasteiger partial charge in [0.2, 0.25) is 5.95 Å². The highest BCUT2D eigenvalue weighted by atomic mass is 32.2. The summed E-state index contributed by atoms with van der Waals surface area (Å²) in [5.41, 5.74) is 6.30. The minimum atomic E-state index is 0.520. The van der Waals surface area contributed by atoms with Gasteiger partial charge in [-0.2, -0.15) is 0 Å². The summed E-state index contributed by atoms with van der Waals surface area (Å²) in [6.07, 6.45) is 3.90. The van der Waals surface area contributed by atoms with Crippen LogP contribution in [0.1, 0.15) is 16.8 Å². The Hall–Kier alpha value is -3.20. The van der Waals surface area contributed by atoms with Crippen LogP contribution >= 0.6 is 34.4 Å². The third-order valence-electron chi connectivity index (χ3n) is 5.36. The van der Waals surface area contributed by atoms with Gasteiger partial charge in [0, 0.05) is 34.6 Å². The molecule has 0 bridgehead atoms. The Morgan fingerprint density at radius 3 is 2.63 bits per heavy atom. The highest BCUT2D eigenvalue weighted by Gasteiger charge is 2.20. The second-order valence-electron chi connectivity index (χ2n) is 7.91. The number of aromatic nitrogens is 3. The Morgan fingerprint density at radius 2 is 1.86 bits per heavy atom. The second-order valence-corrected chi connectivity index (χ2v) is 10.9. The molecular formula is C27H24N4OS3. The number of benzene rings is 2. The van der Waals surface area contributed by atoms with Crippen molar-refractivity contribution in [2.24, 2.45) is 0 Å². The van der Waals surface area contributed by atoms with E-state index in [1.54, 1.807) is 40.6 Å². The van der Waals surface area contributed by atoms with Crippen molar-refractivity contribution >= 4 is 46.1 Å². The lowest BCUT2D eigenvalue weighted by molar-refractivity contribution is 0.306. The van der Waals surface area contributed by atoms with Gasteiger partial charge in [0.05, 0.1) is 14.8 Å². The number of hydrogen-bond acceptors (Lipinski definition) is 8. The molecule has 0 aliphatic carbocycles. The molecule has 0 aliphatic rings. The van der Waals surface area contributed by atoms with Gasteiger partial charge in [0.15, 0.2) is 0 Å². The van der Waals surface area contributed by atoms with Crippen LogP contribution in [0.4, 0.5) is 11.6 Å². The first-order chi connectivity index (χ1) is 17.1. The van der Waals surface area contributed by atoms with E-state index in [1.807, 2.05) is 55.5 Å². The molecule has 0 radical (unpaired) electrons. The maximum absolute atomic E-state index is 5.97. The maximum atomic E-state index is 5.97. The monoisotopic (exact) mass is 516 g/mol. The molecule has 0 spiro atoms. The Morgan fingerprint density at radius 1 is 1.00 bits per heavy atom. The topological polar surface area (TPSA) is 59.9 Å². The smallest absolute Gasteiger partial charge is 0.227 e. The van der Waals surface area contributed by atoms with Gasteiger partial charge in [-0.1, -0.05) is 36.4 Å². The van der Waals surface area contributed by atoms with E-state index in [0.717, 1.165) is 39.0 Å². The Kier molecular flexibility index (Phi) is 7.13. The molecule has 0 atom stereocenters. The van der Waals surface area contributed by atoms with Crippen molar-refractivity contribution in [3.05, 3.63) is 89.1 Å². The molecule has 8 heteroatoms. The number of thioether (sulfide) groups is 1. The zero-order chi connectivity index (χ0) is 24.2. The fraction of sp³-hybridized carbons (Fsp3) is 0.148. The molecule has 5 nitrogen and oxygen atoms in total. The molecule has 0 fully saturated rings. The molecule has 1 N–H and O–H groups in total. The van der Waals surface area contributed by atoms with E-state index in [2.05, 4.69) is 41.0 Å². The Balaban J connectivity index is 1.38. The number of nitrogens with zero attached hydrogens (tertiary/aromatic N) is 3. The Labute approximate surface area is 217 Å². The zero-order valence-electron chi connectivity index (χ0n) is 19.6.